The normalized spacial score (nSPS) is 16.4. The molecule has 1 saturated heterocycles. The smallest absolute Gasteiger partial charge is 0.409 e. The molecule has 342 valence electrons. The molecule has 0 aliphatic carbocycles. The third-order valence-electron chi connectivity index (χ3n) is 12.5. The number of para-hydroxylation sites is 1. The van der Waals surface area contributed by atoms with Crippen molar-refractivity contribution >= 4 is 56.5 Å². The Kier molecular flexibility index (Phi) is 11.7. The number of likely N-dealkylation sites (tertiary alicyclic amines) is 1. The number of aromatic nitrogens is 6. The van der Waals surface area contributed by atoms with E-state index in [0.717, 1.165) is 38.8 Å². The number of nitrogens with zero attached hydrogens (tertiary/aromatic N) is 7. The largest absolute Gasteiger partial charge is 0.462 e. The monoisotopic (exact) mass is 916 g/mol. The number of thiazole rings is 1. The Bertz CT molecular complexity index is 2980. The van der Waals surface area contributed by atoms with Crippen molar-refractivity contribution in [3.63, 3.8) is 0 Å². The molecule has 6 heterocycles. The number of ether oxygens (including phenoxy) is 3. The maximum Gasteiger partial charge on any atom is 0.409 e. The van der Waals surface area contributed by atoms with E-state index in [9.17, 15) is 19.2 Å². The van der Waals surface area contributed by atoms with Gasteiger partial charge in [0, 0.05) is 43.4 Å². The number of rotatable bonds is 11. The van der Waals surface area contributed by atoms with Gasteiger partial charge in [0.1, 0.15) is 35.8 Å². The zero-order chi connectivity index (χ0) is 46.6. The summed E-state index contributed by atoms with van der Waals surface area (Å²) in [7, 11) is 5.71. The summed E-state index contributed by atoms with van der Waals surface area (Å²) in [4.78, 5) is 76.5. The lowest BCUT2D eigenvalue weighted by Gasteiger charge is -2.34. The Labute approximate surface area is 382 Å². The van der Waals surface area contributed by atoms with E-state index in [2.05, 4.69) is 20.0 Å². The molecule has 66 heavy (non-hydrogen) atoms. The van der Waals surface area contributed by atoms with Crippen LogP contribution < -0.4 is 10.1 Å². The zero-order valence-electron chi connectivity index (χ0n) is 37.4. The number of amides is 4. The molecule has 2 aliphatic rings. The molecule has 3 aromatic carbocycles. The summed E-state index contributed by atoms with van der Waals surface area (Å²) in [5.41, 5.74) is 5.02. The average Bonchev–Trinajstić information content (AvgIpc) is 4.18. The van der Waals surface area contributed by atoms with Gasteiger partial charge >= 0.3 is 12.2 Å². The highest BCUT2D eigenvalue weighted by Crippen LogP contribution is 2.48. The second-order valence-electron chi connectivity index (χ2n) is 16.8. The summed E-state index contributed by atoms with van der Waals surface area (Å²) >= 11 is 1.50. The number of H-pyrrole nitrogens is 2. The van der Waals surface area contributed by atoms with Crippen LogP contribution in [0.2, 0.25) is 0 Å². The molecular weight excluding hydrogens is 868 g/mol. The summed E-state index contributed by atoms with van der Waals surface area (Å²) in [6, 6.07) is 17.5. The van der Waals surface area contributed by atoms with E-state index in [4.69, 9.17) is 24.4 Å². The fraction of sp³-hybridized carbons (Fsp3) is 0.340. The quantitative estimate of drug-likeness (QED) is 0.114. The average molecular weight is 917 g/mol. The maximum atomic E-state index is 16.8. The van der Waals surface area contributed by atoms with Gasteiger partial charge in [0.2, 0.25) is 18.0 Å². The van der Waals surface area contributed by atoms with Crippen LogP contribution in [0.4, 0.5) is 14.0 Å². The number of hydrogen-bond acceptors (Lipinski definition) is 11. The van der Waals surface area contributed by atoms with Crippen LogP contribution in [0.3, 0.4) is 0 Å². The lowest BCUT2D eigenvalue weighted by atomic mass is 10.0. The van der Waals surface area contributed by atoms with Gasteiger partial charge in [0.15, 0.2) is 5.01 Å². The Morgan fingerprint density at radius 3 is 2.56 bits per heavy atom. The number of aromatic amines is 2. The van der Waals surface area contributed by atoms with E-state index in [1.54, 1.807) is 44.4 Å². The van der Waals surface area contributed by atoms with Gasteiger partial charge < -0.3 is 39.3 Å². The molecule has 4 atom stereocenters. The number of alkyl carbamates (subject to hydrolysis) is 1. The van der Waals surface area contributed by atoms with Gasteiger partial charge in [-0.3, -0.25) is 19.1 Å². The molecule has 4 amide bonds. The highest BCUT2D eigenvalue weighted by atomic mass is 32.1. The standard InChI is InChI=1S/C47H49FN10O7S/c1-24(2)40(56(5)47(62)64-7)44(60)57-16-10-12-34(57)42-50-21-31(53-42)26-14-15-33-28(17-26)19-35-39-29(48)18-27(32-22-49-41(52-32)25(3)55(4)38(59)23-51-46(61)63-6)20-36(39)65-45(58(33)35)43-54-30-11-8-9-13-37(30)66-43/h8-9,11,13-15,17-22,24-25,34,40,45H,10,12,16,23H2,1-7H3,(H,49,52)(H,50,53)(H,51,61)/t25-,34?,40?,45?/m0/s1. The van der Waals surface area contributed by atoms with Crippen molar-refractivity contribution in [2.75, 3.05) is 41.4 Å². The van der Waals surface area contributed by atoms with Crippen LogP contribution in [0, 0.1) is 11.7 Å². The third-order valence-corrected chi connectivity index (χ3v) is 13.6. The molecule has 0 bridgehead atoms. The molecule has 9 rings (SSSR count). The molecule has 3 N–H and O–H groups in total. The van der Waals surface area contributed by atoms with Gasteiger partial charge in [0.05, 0.1) is 70.9 Å². The first kappa shape index (κ1) is 43.9. The van der Waals surface area contributed by atoms with Crippen LogP contribution >= 0.6 is 11.3 Å². The topological polar surface area (TPSA) is 193 Å². The predicted octanol–water partition coefficient (Wildman–Crippen LogP) is 8.04. The SMILES string of the molecule is COC(=O)NCC(=O)N(C)[C@@H](C)c1nc(-c2cc(F)c3c(c2)OC(c2nc4ccccc4s2)n2c-3cc3cc(-c4cnc(C5CCCN5C(=O)C(C(C)C)N(C)C(=O)OC)[nH]4)ccc32)c[nH]1. The van der Waals surface area contributed by atoms with Crippen molar-refractivity contribution in [1.29, 1.82) is 0 Å². The van der Waals surface area contributed by atoms with E-state index in [-0.39, 0.29) is 35.9 Å². The van der Waals surface area contributed by atoms with Gasteiger partial charge in [-0.25, -0.2) is 28.9 Å². The zero-order valence-corrected chi connectivity index (χ0v) is 38.2. The predicted molar refractivity (Wildman–Crippen MR) is 245 cm³/mol. The number of likely N-dealkylation sites (N-methyl/N-ethyl adjacent to an activating group) is 2. The van der Waals surface area contributed by atoms with Crippen molar-refractivity contribution in [2.45, 2.75) is 58.0 Å². The summed E-state index contributed by atoms with van der Waals surface area (Å²) in [5.74, 6) is 0.254. The number of benzene rings is 3. The second kappa shape index (κ2) is 17.6. The number of fused-ring (bicyclic) bond motifs is 6. The maximum absolute atomic E-state index is 16.8. The van der Waals surface area contributed by atoms with Crippen LogP contribution in [0.5, 0.6) is 5.75 Å². The Hall–Kier alpha value is -7.28. The lowest BCUT2D eigenvalue weighted by molar-refractivity contribution is -0.138. The number of methoxy groups -OCH3 is 2. The first-order chi connectivity index (χ1) is 31.8. The van der Waals surface area contributed by atoms with Crippen molar-refractivity contribution in [2.24, 2.45) is 5.92 Å². The number of hydrogen-bond donors (Lipinski definition) is 3. The van der Waals surface area contributed by atoms with Crippen molar-refractivity contribution in [3.05, 3.63) is 95.5 Å². The van der Waals surface area contributed by atoms with Gasteiger partial charge in [-0.2, -0.15) is 0 Å². The van der Waals surface area contributed by atoms with E-state index in [1.165, 1.54) is 41.4 Å². The molecule has 0 spiro atoms. The minimum Gasteiger partial charge on any atom is -0.462 e. The first-order valence-corrected chi connectivity index (χ1v) is 22.4. The van der Waals surface area contributed by atoms with Crippen LogP contribution in [0.25, 0.3) is 54.9 Å². The van der Waals surface area contributed by atoms with Gasteiger partial charge in [-0.1, -0.05) is 32.0 Å². The molecular formula is C47H49FN10O7S. The molecule has 3 unspecified atom stereocenters. The Morgan fingerprint density at radius 1 is 1.00 bits per heavy atom. The lowest BCUT2D eigenvalue weighted by Crippen LogP contribution is -2.51. The summed E-state index contributed by atoms with van der Waals surface area (Å²) in [6.45, 7) is 5.89. The number of nitrogens with one attached hydrogen (secondary N) is 3. The molecule has 2 aliphatic heterocycles. The molecule has 17 nitrogen and oxygen atoms in total. The van der Waals surface area contributed by atoms with E-state index in [1.807, 2.05) is 66.9 Å². The fourth-order valence-corrected chi connectivity index (χ4v) is 9.97. The van der Waals surface area contributed by atoms with Gasteiger partial charge in [0.25, 0.3) is 0 Å². The first-order valence-electron chi connectivity index (χ1n) is 21.6. The van der Waals surface area contributed by atoms with E-state index in [0.29, 0.717) is 52.3 Å². The van der Waals surface area contributed by atoms with E-state index >= 15 is 4.39 Å². The Morgan fingerprint density at radius 2 is 1.80 bits per heavy atom. The molecule has 1 fully saturated rings. The molecule has 4 aromatic heterocycles. The van der Waals surface area contributed by atoms with Crippen LogP contribution in [-0.2, 0) is 19.1 Å². The van der Waals surface area contributed by atoms with E-state index < -0.39 is 36.3 Å². The Balaban J connectivity index is 1.05. The minimum atomic E-state index is -0.742. The van der Waals surface area contributed by atoms with Gasteiger partial charge in [-0.15, -0.1) is 11.3 Å². The fourth-order valence-electron chi connectivity index (χ4n) is 8.98. The summed E-state index contributed by atoms with van der Waals surface area (Å²) in [5, 5.41) is 3.91. The molecule has 19 heteroatoms. The van der Waals surface area contributed by atoms with Crippen LogP contribution in [0.15, 0.2) is 73.1 Å². The number of carbonyl (C=O) groups excluding carboxylic acids is 4. The minimum absolute atomic E-state index is 0.145. The highest BCUT2D eigenvalue weighted by Gasteiger charge is 2.40. The summed E-state index contributed by atoms with van der Waals surface area (Å²) < 4.78 is 36.0. The molecule has 0 saturated carbocycles. The number of carbonyl (C=O) groups is 4. The molecule has 0 radical (unpaired) electrons. The third kappa shape index (κ3) is 7.86. The van der Waals surface area contributed by atoms with Crippen molar-refractivity contribution in [3.8, 4) is 39.5 Å². The van der Waals surface area contributed by atoms with Crippen molar-refractivity contribution in [1.82, 2.24) is 49.5 Å². The van der Waals surface area contributed by atoms with Crippen LogP contribution in [-0.4, -0.2) is 116 Å². The number of halogens is 1. The van der Waals surface area contributed by atoms with Gasteiger partial charge in [-0.05, 0) is 68.1 Å². The molecule has 7 aromatic rings. The number of imidazole rings is 2. The second-order valence-corrected chi connectivity index (χ2v) is 17.9. The highest BCUT2D eigenvalue weighted by molar-refractivity contribution is 7.18. The van der Waals surface area contributed by atoms with Crippen molar-refractivity contribution < 1.29 is 37.8 Å². The van der Waals surface area contributed by atoms with Crippen LogP contribution in [0.1, 0.15) is 68.6 Å². The summed E-state index contributed by atoms with van der Waals surface area (Å²) in [6.07, 6.45) is 2.89.